The molecule has 3 unspecified atom stereocenters. The molecule has 2 aromatic rings. The second-order valence-corrected chi connectivity index (χ2v) is 7.41. The van der Waals surface area contributed by atoms with Crippen molar-refractivity contribution in [3.63, 3.8) is 0 Å². The summed E-state index contributed by atoms with van der Waals surface area (Å²) in [6.45, 7) is 3.30. The van der Waals surface area contributed by atoms with Crippen molar-refractivity contribution in [1.29, 1.82) is 0 Å². The lowest BCUT2D eigenvalue weighted by atomic mass is 10.1. The molecule has 0 bridgehead atoms. The van der Waals surface area contributed by atoms with Gasteiger partial charge in [0.05, 0.1) is 13.1 Å². The average Bonchev–Trinajstić information content (AvgIpc) is 2.77. The molecule has 0 aliphatic carbocycles. The largest absolute Gasteiger partial charge is 0.338 e. The van der Waals surface area contributed by atoms with Crippen LogP contribution < -0.4 is 10.6 Å². The second kappa shape index (κ2) is 10.2. The molecule has 1 saturated heterocycles. The lowest BCUT2D eigenvalue weighted by molar-refractivity contribution is -0.706. The van der Waals surface area contributed by atoms with E-state index in [4.69, 9.17) is 0 Å². The van der Waals surface area contributed by atoms with Crippen LogP contribution in [-0.2, 0) is 11.3 Å². The molecule has 1 aliphatic heterocycles. The van der Waals surface area contributed by atoms with Crippen LogP contribution in [0.2, 0.25) is 0 Å². The first-order valence-corrected chi connectivity index (χ1v) is 10.2. The molecule has 0 aromatic heterocycles. The van der Waals surface area contributed by atoms with Crippen molar-refractivity contribution < 1.29 is 14.3 Å². The van der Waals surface area contributed by atoms with Crippen LogP contribution in [0.3, 0.4) is 0 Å². The Hall–Kier alpha value is -2.97. The zero-order valence-corrected chi connectivity index (χ0v) is 17.4. The normalized spacial score (nSPS) is 21.3. The summed E-state index contributed by atoms with van der Waals surface area (Å²) in [5, 5.41) is 6.18. The lowest BCUT2D eigenvalue weighted by Gasteiger charge is -2.26. The lowest BCUT2D eigenvalue weighted by Crippen LogP contribution is -2.63. The van der Waals surface area contributed by atoms with Gasteiger partial charge >= 0.3 is 6.17 Å². The van der Waals surface area contributed by atoms with Gasteiger partial charge in [0.2, 0.25) is 5.91 Å². The Kier molecular flexibility index (Phi) is 7.37. The van der Waals surface area contributed by atoms with Crippen LogP contribution in [0.4, 0.5) is 0 Å². The van der Waals surface area contributed by atoms with E-state index >= 15 is 0 Å². The van der Waals surface area contributed by atoms with E-state index in [0.29, 0.717) is 19.6 Å². The third-order valence-corrected chi connectivity index (χ3v) is 5.41. The number of carbonyl (C=O) groups is 1. The minimum atomic E-state index is -0.807. The summed E-state index contributed by atoms with van der Waals surface area (Å²) in [4.78, 5) is 39.7. The summed E-state index contributed by atoms with van der Waals surface area (Å²) in [6, 6.07) is 18.5. The fourth-order valence-electron chi connectivity index (χ4n) is 3.70. The summed E-state index contributed by atoms with van der Waals surface area (Å²) in [5.41, 5.74) is 1.86. The predicted octanol–water partition coefficient (Wildman–Crippen LogP) is 1.81. The van der Waals surface area contributed by atoms with Gasteiger partial charge in [0.25, 0.3) is 12.2 Å². The van der Waals surface area contributed by atoms with E-state index < -0.39 is 18.4 Å². The van der Waals surface area contributed by atoms with Gasteiger partial charge in [-0.05, 0) is 12.5 Å². The van der Waals surface area contributed by atoms with E-state index in [1.54, 1.807) is 4.90 Å². The fraction of sp³-hybridized carbons (Fsp3) is 0.409. The van der Waals surface area contributed by atoms with Crippen molar-refractivity contribution in [3.05, 3.63) is 81.6 Å². The third kappa shape index (κ3) is 5.14. The first-order valence-electron chi connectivity index (χ1n) is 10.2. The highest BCUT2D eigenvalue weighted by molar-refractivity contribution is 5.78. The van der Waals surface area contributed by atoms with Crippen molar-refractivity contribution in [3.8, 4) is 0 Å². The molecule has 1 fully saturated rings. The number of carbonyl (C=O) groups excluding carboxylic acids is 1. The minimum Gasteiger partial charge on any atom is -0.338 e. The molecule has 1 aliphatic rings. The van der Waals surface area contributed by atoms with Gasteiger partial charge in [-0.1, -0.05) is 60.7 Å². The highest BCUT2D eigenvalue weighted by Crippen LogP contribution is 2.21. The third-order valence-electron chi connectivity index (χ3n) is 5.41. The van der Waals surface area contributed by atoms with Crippen molar-refractivity contribution in [2.75, 3.05) is 26.7 Å². The first-order chi connectivity index (χ1) is 14.5. The Morgan fingerprint density at radius 1 is 1.17 bits per heavy atom. The number of benzene rings is 2. The molecule has 0 saturated carbocycles. The maximum atomic E-state index is 13.1. The smallest absolute Gasteiger partial charge is 0.324 e. The number of likely N-dealkylation sites (N-methyl/N-ethyl adjacent to an activating group) is 2. The molecule has 0 spiro atoms. The van der Waals surface area contributed by atoms with Crippen molar-refractivity contribution >= 4 is 5.91 Å². The molecular weight excluding hydrogens is 382 g/mol. The summed E-state index contributed by atoms with van der Waals surface area (Å²) < 4.78 is 1.61. The van der Waals surface area contributed by atoms with Crippen LogP contribution >= 0.6 is 0 Å². The molecule has 0 radical (unpaired) electrons. The molecule has 3 rings (SSSR count). The topological polar surface area (TPSA) is 84.5 Å². The molecule has 3 atom stereocenters. The average molecular weight is 412 g/mol. The summed E-state index contributed by atoms with van der Waals surface area (Å²) >= 11 is 0. The molecule has 8 nitrogen and oxygen atoms in total. The van der Waals surface area contributed by atoms with Gasteiger partial charge in [-0.25, -0.2) is 10.6 Å². The van der Waals surface area contributed by atoms with Crippen LogP contribution in [0, 0.1) is 9.81 Å². The SMILES string of the molecule is CCN(Cc1ccccc1)C(=O)CNC1C([N+](C)=O)CNC(c2ccccc2)[N+]1=O. The van der Waals surface area contributed by atoms with E-state index in [1.165, 1.54) is 7.05 Å². The van der Waals surface area contributed by atoms with Crippen LogP contribution in [0.5, 0.6) is 0 Å². The number of hydrogen-bond donors (Lipinski definition) is 2. The van der Waals surface area contributed by atoms with Crippen molar-refractivity contribution in [1.82, 2.24) is 15.5 Å². The summed E-state index contributed by atoms with van der Waals surface area (Å²) in [7, 11) is 1.40. The zero-order valence-electron chi connectivity index (χ0n) is 17.4. The van der Waals surface area contributed by atoms with Gasteiger partial charge in [0.1, 0.15) is 0 Å². The summed E-state index contributed by atoms with van der Waals surface area (Å²) in [5.74, 6) is -0.114. The minimum absolute atomic E-state index is 0.0179. The van der Waals surface area contributed by atoms with Gasteiger partial charge in [-0.15, -0.1) is 0 Å². The van der Waals surface area contributed by atoms with Gasteiger partial charge in [-0.2, -0.15) is 0 Å². The quantitative estimate of drug-likeness (QED) is 0.647. The Morgan fingerprint density at radius 3 is 2.40 bits per heavy atom. The standard InChI is InChI=1S/C22H29N5O3/c1-3-26(16-17-10-6-4-7-11-17)20(28)15-24-22-19(25(2)29)14-23-21(27(22)30)18-12-8-5-9-13-18/h4-13,19,21-24H,3,14-16H2,1-2H3/q+2. The number of nitrogens with one attached hydrogen (secondary N) is 2. The van der Waals surface area contributed by atoms with Gasteiger partial charge < -0.3 is 4.90 Å². The number of hydrogen-bond acceptors (Lipinski definition) is 5. The van der Waals surface area contributed by atoms with Gasteiger partial charge in [0, 0.05) is 38.0 Å². The molecule has 30 heavy (non-hydrogen) atoms. The zero-order chi connectivity index (χ0) is 21.5. The van der Waals surface area contributed by atoms with Crippen LogP contribution in [-0.4, -0.2) is 59.2 Å². The van der Waals surface area contributed by atoms with E-state index in [-0.39, 0.29) is 12.5 Å². The Morgan fingerprint density at radius 2 is 1.80 bits per heavy atom. The molecule has 2 aromatic carbocycles. The van der Waals surface area contributed by atoms with E-state index in [0.717, 1.165) is 20.6 Å². The number of nitrogens with zero attached hydrogens (tertiary/aromatic N) is 3. The van der Waals surface area contributed by atoms with Crippen molar-refractivity contribution in [2.45, 2.75) is 31.8 Å². The number of rotatable bonds is 8. The Labute approximate surface area is 176 Å². The fourth-order valence-corrected chi connectivity index (χ4v) is 3.70. The molecule has 1 amide bonds. The molecular formula is C22H29N5O3+2. The Bertz CT molecular complexity index is 875. The van der Waals surface area contributed by atoms with E-state index in [2.05, 4.69) is 10.6 Å². The van der Waals surface area contributed by atoms with Crippen LogP contribution in [0.15, 0.2) is 60.7 Å². The highest BCUT2D eigenvalue weighted by Gasteiger charge is 2.51. The molecule has 158 valence electrons. The maximum Gasteiger partial charge on any atom is 0.324 e. The molecule has 1 heterocycles. The van der Waals surface area contributed by atoms with Gasteiger partial charge in [0.15, 0.2) is 7.05 Å². The molecule has 2 N–H and O–H groups in total. The highest BCUT2D eigenvalue weighted by atomic mass is 16.3. The van der Waals surface area contributed by atoms with Crippen LogP contribution in [0.25, 0.3) is 0 Å². The maximum absolute atomic E-state index is 13.1. The first kappa shape index (κ1) is 21.7. The van der Waals surface area contributed by atoms with Crippen LogP contribution in [0.1, 0.15) is 24.2 Å². The Balaban J connectivity index is 1.68. The number of nitroso groups, excluding NO2 is 2. The van der Waals surface area contributed by atoms with E-state index in [9.17, 15) is 14.6 Å². The number of amides is 1. The molecule has 8 heteroatoms. The van der Waals surface area contributed by atoms with Gasteiger partial charge in [-0.3, -0.25) is 4.79 Å². The monoisotopic (exact) mass is 411 g/mol. The second-order valence-electron chi connectivity index (χ2n) is 7.41. The van der Waals surface area contributed by atoms with Crippen molar-refractivity contribution in [2.24, 2.45) is 0 Å². The van der Waals surface area contributed by atoms with E-state index in [1.807, 2.05) is 67.6 Å². The summed E-state index contributed by atoms with van der Waals surface area (Å²) in [6.07, 6.45) is -1.39. The predicted molar refractivity (Wildman–Crippen MR) is 113 cm³/mol.